The molecule has 0 saturated carbocycles. The van der Waals surface area contributed by atoms with Crippen molar-refractivity contribution in [3.63, 3.8) is 0 Å². The Morgan fingerprint density at radius 1 is 1.12 bits per heavy atom. The van der Waals surface area contributed by atoms with Gasteiger partial charge in [0, 0.05) is 13.7 Å². The predicted molar refractivity (Wildman–Crippen MR) is 55.5 cm³/mol. The fourth-order valence-electron chi connectivity index (χ4n) is 1.46. The maximum Gasteiger partial charge on any atom is 0.334 e. The molecule has 0 radical (unpaired) electrons. The normalized spacial score (nSPS) is 16.9. The molecule has 0 aliphatic carbocycles. The molecule has 0 aromatic carbocycles. The number of hydrogen-bond acceptors (Lipinski definition) is 4. The summed E-state index contributed by atoms with van der Waals surface area (Å²) < 4.78 is 4.78. The smallest absolute Gasteiger partial charge is 0.334 e. The van der Waals surface area contributed by atoms with Gasteiger partial charge in [0.2, 0.25) is 0 Å². The molecule has 1 saturated heterocycles. The number of ether oxygens (including phenoxy) is 1. The van der Waals surface area contributed by atoms with Crippen molar-refractivity contribution in [3.8, 4) is 0 Å². The summed E-state index contributed by atoms with van der Waals surface area (Å²) in [5.41, 5.74) is 0. The molecule has 1 aliphatic heterocycles. The Bertz CT molecular complexity index is 314. The van der Waals surface area contributed by atoms with Gasteiger partial charge in [0.25, 0.3) is 0 Å². The second kappa shape index (κ2) is 5.07. The Hall–Kier alpha value is -1.43. The lowest BCUT2D eigenvalue weighted by Gasteiger charge is -2.16. The van der Waals surface area contributed by atoms with E-state index < -0.39 is 17.8 Å². The van der Waals surface area contributed by atoms with E-state index in [0.717, 1.165) is 9.80 Å². The van der Waals surface area contributed by atoms with E-state index in [0.29, 0.717) is 0 Å². The summed E-state index contributed by atoms with van der Waals surface area (Å²) in [6.07, 6.45) is 0. The minimum atomic E-state index is -0.761. The number of carbonyl (C=O) groups excluding carboxylic acids is 3. The monoisotopic (exact) mass is 228 g/mol. The quantitative estimate of drug-likeness (QED) is 0.493. The second-order valence-electron chi connectivity index (χ2n) is 4.04. The van der Waals surface area contributed by atoms with Crippen molar-refractivity contribution in [1.29, 1.82) is 0 Å². The first-order valence-corrected chi connectivity index (χ1v) is 5.15. The number of nitrogens with zero attached hydrogens (tertiary/aromatic N) is 2. The average molecular weight is 228 g/mol. The lowest BCUT2D eigenvalue weighted by atomic mass is 10.2. The van der Waals surface area contributed by atoms with Crippen molar-refractivity contribution in [3.05, 3.63) is 0 Å². The van der Waals surface area contributed by atoms with Gasteiger partial charge in [-0.3, -0.25) is 19.4 Å². The van der Waals surface area contributed by atoms with Gasteiger partial charge in [-0.1, -0.05) is 13.8 Å². The maximum absolute atomic E-state index is 11.7. The van der Waals surface area contributed by atoms with Crippen LogP contribution < -0.4 is 0 Å². The minimum absolute atomic E-state index is 0.120. The number of rotatable bonds is 5. The van der Waals surface area contributed by atoms with Crippen molar-refractivity contribution < 1.29 is 19.1 Å². The third kappa shape index (κ3) is 2.38. The molecule has 0 spiro atoms. The van der Waals surface area contributed by atoms with E-state index >= 15 is 0 Å². The van der Waals surface area contributed by atoms with Crippen LogP contribution in [0.4, 0.5) is 4.79 Å². The first-order chi connectivity index (χ1) is 7.49. The number of hydrogen-bond donors (Lipinski definition) is 0. The Morgan fingerprint density at radius 2 is 1.69 bits per heavy atom. The van der Waals surface area contributed by atoms with Gasteiger partial charge in [0.1, 0.15) is 0 Å². The van der Waals surface area contributed by atoms with Crippen LogP contribution in [0, 0.1) is 5.92 Å². The van der Waals surface area contributed by atoms with E-state index in [1.54, 1.807) is 0 Å². The largest absolute Gasteiger partial charge is 0.383 e. The highest BCUT2D eigenvalue weighted by Gasteiger charge is 2.43. The molecule has 6 nitrogen and oxygen atoms in total. The summed E-state index contributed by atoms with van der Waals surface area (Å²) in [4.78, 5) is 36.6. The second-order valence-corrected chi connectivity index (χ2v) is 4.04. The van der Waals surface area contributed by atoms with Gasteiger partial charge >= 0.3 is 17.8 Å². The molecule has 1 rings (SSSR count). The molecule has 1 heterocycles. The summed E-state index contributed by atoms with van der Waals surface area (Å²) in [7, 11) is 1.47. The molecular weight excluding hydrogens is 212 g/mol. The SMILES string of the molecule is COCCN1C(=O)C(=O)N(CC(C)C)C1=O. The number of amides is 4. The van der Waals surface area contributed by atoms with E-state index in [2.05, 4.69) is 0 Å². The highest BCUT2D eigenvalue weighted by Crippen LogP contribution is 2.13. The molecule has 0 N–H and O–H groups in total. The number of methoxy groups -OCH3 is 1. The van der Waals surface area contributed by atoms with E-state index in [1.165, 1.54) is 7.11 Å². The van der Waals surface area contributed by atoms with Crippen molar-refractivity contribution in [1.82, 2.24) is 9.80 Å². The number of imide groups is 2. The van der Waals surface area contributed by atoms with Gasteiger partial charge in [0.05, 0.1) is 13.2 Å². The Morgan fingerprint density at radius 3 is 2.19 bits per heavy atom. The topological polar surface area (TPSA) is 66.9 Å². The van der Waals surface area contributed by atoms with Crippen molar-refractivity contribution in [2.75, 3.05) is 26.8 Å². The van der Waals surface area contributed by atoms with Gasteiger partial charge in [-0.15, -0.1) is 0 Å². The third-order valence-electron chi connectivity index (χ3n) is 2.20. The summed E-state index contributed by atoms with van der Waals surface area (Å²) in [5, 5.41) is 0. The van der Waals surface area contributed by atoms with Gasteiger partial charge < -0.3 is 4.74 Å². The molecule has 0 aromatic heterocycles. The van der Waals surface area contributed by atoms with Gasteiger partial charge in [-0.25, -0.2) is 4.79 Å². The molecule has 16 heavy (non-hydrogen) atoms. The van der Waals surface area contributed by atoms with Crippen LogP contribution in [0.15, 0.2) is 0 Å². The Kier molecular flexibility index (Phi) is 4.00. The van der Waals surface area contributed by atoms with E-state index in [-0.39, 0.29) is 25.6 Å². The first-order valence-electron chi connectivity index (χ1n) is 5.15. The predicted octanol–water partition coefficient (Wildman–Crippen LogP) is 0.0796. The molecule has 6 heteroatoms. The Labute approximate surface area is 94.1 Å². The molecule has 90 valence electrons. The van der Waals surface area contributed by atoms with Crippen LogP contribution in [-0.2, 0) is 14.3 Å². The first kappa shape index (κ1) is 12.6. The van der Waals surface area contributed by atoms with Gasteiger partial charge in [0.15, 0.2) is 0 Å². The average Bonchev–Trinajstić information content (AvgIpc) is 2.41. The van der Waals surface area contributed by atoms with Crippen molar-refractivity contribution >= 4 is 17.8 Å². The molecule has 0 aromatic rings. The molecule has 4 amide bonds. The zero-order chi connectivity index (χ0) is 12.3. The maximum atomic E-state index is 11.7. The minimum Gasteiger partial charge on any atom is -0.383 e. The van der Waals surface area contributed by atoms with E-state index in [9.17, 15) is 14.4 Å². The lowest BCUT2D eigenvalue weighted by molar-refractivity contribution is -0.143. The van der Waals surface area contributed by atoms with Crippen molar-refractivity contribution in [2.24, 2.45) is 5.92 Å². The van der Waals surface area contributed by atoms with Crippen LogP contribution in [0.25, 0.3) is 0 Å². The van der Waals surface area contributed by atoms with Gasteiger partial charge in [-0.05, 0) is 5.92 Å². The number of carbonyl (C=O) groups is 3. The molecule has 0 atom stereocenters. The van der Waals surface area contributed by atoms with E-state index in [4.69, 9.17) is 4.74 Å². The summed E-state index contributed by atoms with van der Waals surface area (Å²) >= 11 is 0. The highest BCUT2D eigenvalue weighted by molar-refractivity contribution is 6.44. The molecule has 0 unspecified atom stereocenters. The summed E-state index contributed by atoms with van der Waals surface area (Å²) in [6, 6.07) is -0.541. The molecular formula is C10H16N2O4. The highest BCUT2D eigenvalue weighted by atomic mass is 16.5. The molecule has 0 bridgehead atoms. The van der Waals surface area contributed by atoms with Crippen LogP contribution in [-0.4, -0.2) is 54.5 Å². The van der Waals surface area contributed by atoms with Crippen LogP contribution in [0.5, 0.6) is 0 Å². The third-order valence-corrected chi connectivity index (χ3v) is 2.20. The van der Waals surface area contributed by atoms with Crippen molar-refractivity contribution in [2.45, 2.75) is 13.8 Å². The Balaban J connectivity index is 2.74. The van der Waals surface area contributed by atoms with Crippen LogP contribution in [0.2, 0.25) is 0 Å². The zero-order valence-corrected chi connectivity index (χ0v) is 9.73. The number of urea groups is 1. The fraction of sp³-hybridized carbons (Fsp3) is 0.700. The molecule has 1 aliphatic rings. The fourth-order valence-corrected chi connectivity index (χ4v) is 1.46. The molecule has 1 fully saturated rings. The van der Waals surface area contributed by atoms with E-state index in [1.807, 2.05) is 13.8 Å². The lowest BCUT2D eigenvalue weighted by Crippen LogP contribution is -2.36. The standard InChI is InChI=1S/C10H16N2O4/c1-7(2)6-12-9(14)8(13)11(10(12)15)4-5-16-3/h7H,4-6H2,1-3H3. The summed E-state index contributed by atoms with van der Waals surface area (Å²) in [6.45, 7) is 4.38. The van der Waals surface area contributed by atoms with Crippen LogP contribution in [0.3, 0.4) is 0 Å². The van der Waals surface area contributed by atoms with Gasteiger partial charge in [-0.2, -0.15) is 0 Å². The zero-order valence-electron chi connectivity index (χ0n) is 9.73. The van der Waals surface area contributed by atoms with Crippen LogP contribution >= 0.6 is 0 Å². The van der Waals surface area contributed by atoms with Crippen LogP contribution in [0.1, 0.15) is 13.8 Å². The summed E-state index contributed by atoms with van der Waals surface area (Å²) in [5.74, 6) is -1.36.